The van der Waals surface area contributed by atoms with Crippen molar-refractivity contribution in [2.45, 2.75) is 115 Å². The summed E-state index contributed by atoms with van der Waals surface area (Å²) in [5.74, 6) is 0.275. The van der Waals surface area contributed by atoms with Gasteiger partial charge in [-0.05, 0) is 109 Å². The Morgan fingerprint density at radius 1 is 0.836 bits per heavy atom. The maximum atomic E-state index is 13.3. The van der Waals surface area contributed by atoms with E-state index in [1.807, 2.05) is 96.2 Å². The van der Waals surface area contributed by atoms with Gasteiger partial charge in [0.1, 0.15) is 12.6 Å². The van der Waals surface area contributed by atoms with Crippen molar-refractivity contribution in [3.05, 3.63) is 142 Å². The molecule has 4 rings (SSSR count). The highest BCUT2D eigenvalue weighted by atomic mass is 16.1. The number of carbonyl (C=O) groups is 4. The number of carbonyl (C=O) groups excluding carboxylic acids is 4. The van der Waals surface area contributed by atoms with Gasteiger partial charge in [0.2, 0.25) is 0 Å². The highest BCUT2D eigenvalue weighted by Gasteiger charge is 2.30. The SMILES string of the molecule is C=C(/C=C\c1ccccc1C)/C=C1\C(=O)C(=C)C(/C=C2\C=Cc3cc(/C=C/C(C)=O)ccc3N2C)=C1CC.C=O.CC.CC.CCCC.CCCCC(C)=O. The summed E-state index contributed by atoms with van der Waals surface area (Å²) in [5.41, 5.74) is 10.2. The lowest BCUT2D eigenvalue weighted by atomic mass is 9.99. The van der Waals surface area contributed by atoms with Gasteiger partial charge >= 0.3 is 0 Å². The van der Waals surface area contributed by atoms with Crippen LogP contribution in [0.2, 0.25) is 0 Å². The summed E-state index contributed by atoms with van der Waals surface area (Å²) in [6.07, 6.45) is 21.7. The first-order valence-corrected chi connectivity index (χ1v) is 19.7. The number of Topliss-reactive ketones (excluding diaryl/α,β-unsaturated/α-hetero) is 2. The smallest absolute Gasteiger partial charge is 0.193 e. The fraction of sp³-hybridized carbons (Fsp3) is 0.360. The number of likely N-dealkylation sites (N-methyl/N-ethyl adjacent to an activating group) is 1. The highest BCUT2D eigenvalue weighted by molar-refractivity contribution is 6.18. The maximum Gasteiger partial charge on any atom is 0.193 e. The Morgan fingerprint density at radius 2 is 1.45 bits per heavy atom. The van der Waals surface area contributed by atoms with Gasteiger partial charge in [0.15, 0.2) is 11.6 Å². The van der Waals surface area contributed by atoms with Crippen LogP contribution in [-0.2, 0) is 19.2 Å². The van der Waals surface area contributed by atoms with Crippen molar-refractivity contribution in [3.8, 4) is 0 Å². The van der Waals surface area contributed by atoms with Gasteiger partial charge in [-0.1, -0.05) is 142 Å². The van der Waals surface area contributed by atoms with Gasteiger partial charge in [-0.15, -0.1) is 0 Å². The summed E-state index contributed by atoms with van der Waals surface area (Å²) < 4.78 is 0. The molecule has 2 aliphatic rings. The zero-order chi connectivity index (χ0) is 42.5. The molecule has 0 atom stereocenters. The zero-order valence-electron chi connectivity index (χ0n) is 36.1. The maximum absolute atomic E-state index is 13.3. The third kappa shape index (κ3) is 18.1. The van der Waals surface area contributed by atoms with E-state index < -0.39 is 0 Å². The van der Waals surface area contributed by atoms with Crippen molar-refractivity contribution in [2.24, 2.45) is 0 Å². The van der Waals surface area contributed by atoms with E-state index in [0.717, 1.165) is 64.1 Å². The lowest BCUT2D eigenvalue weighted by Gasteiger charge is -2.27. The molecule has 0 saturated heterocycles. The van der Waals surface area contributed by atoms with Crippen molar-refractivity contribution in [1.29, 1.82) is 0 Å². The number of nitrogens with zero attached hydrogens (tertiary/aromatic N) is 1. The molecular formula is C50H69NO4. The average Bonchev–Trinajstić information content (AvgIpc) is 3.42. The number of rotatable bonds is 11. The van der Waals surface area contributed by atoms with E-state index in [0.29, 0.717) is 23.4 Å². The van der Waals surface area contributed by atoms with Gasteiger partial charge in [-0.3, -0.25) is 9.59 Å². The number of allylic oxidation sites excluding steroid dienone is 10. The minimum atomic E-state index is -0.0520. The van der Waals surface area contributed by atoms with E-state index in [2.05, 4.69) is 83.0 Å². The summed E-state index contributed by atoms with van der Waals surface area (Å²) in [5, 5.41) is 0. The number of hydrogen-bond donors (Lipinski definition) is 0. The Labute approximate surface area is 334 Å². The van der Waals surface area contributed by atoms with Gasteiger partial charge < -0.3 is 14.5 Å². The Morgan fingerprint density at radius 3 is 1.96 bits per heavy atom. The summed E-state index contributed by atoms with van der Waals surface area (Å²) in [6.45, 7) is 32.1. The molecule has 0 fully saturated rings. The minimum Gasteiger partial charge on any atom is -0.344 e. The van der Waals surface area contributed by atoms with Crippen LogP contribution in [0.15, 0.2) is 120 Å². The van der Waals surface area contributed by atoms with Gasteiger partial charge in [0.05, 0.1) is 0 Å². The van der Waals surface area contributed by atoms with Gasteiger partial charge in [0, 0.05) is 36.0 Å². The molecule has 0 saturated carbocycles. The van der Waals surface area contributed by atoms with E-state index in [4.69, 9.17) is 4.79 Å². The summed E-state index contributed by atoms with van der Waals surface area (Å²) in [6, 6.07) is 14.3. The van der Waals surface area contributed by atoms with Crippen molar-refractivity contribution >= 4 is 48.1 Å². The van der Waals surface area contributed by atoms with Crippen LogP contribution < -0.4 is 4.90 Å². The summed E-state index contributed by atoms with van der Waals surface area (Å²) in [4.78, 5) is 44.9. The molecule has 2 aromatic carbocycles. The Balaban J connectivity index is 0. The molecule has 298 valence electrons. The molecule has 0 N–H and O–H groups in total. The average molecular weight is 748 g/mol. The number of aryl methyl sites for hydroxylation is 1. The fourth-order valence-electron chi connectivity index (χ4n) is 5.13. The van der Waals surface area contributed by atoms with Crippen molar-refractivity contribution in [2.75, 3.05) is 11.9 Å². The van der Waals surface area contributed by atoms with E-state index in [-0.39, 0.29) is 11.6 Å². The lowest BCUT2D eigenvalue weighted by molar-refractivity contribution is -0.117. The molecule has 0 radical (unpaired) electrons. The van der Waals surface area contributed by atoms with Crippen molar-refractivity contribution in [1.82, 2.24) is 0 Å². The van der Waals surface area contributed by atoms with E-state index in [1.165, 1.54) is 18.4 Å². The quantitative estimate of drug-likeness (QED) is 0.169. The molecule has 1 aliphatic carbocycles. The molecular weight excluding hydrogens is 679 g/mol. The van der Waals surface area contributed by atoms with Crippen molar-refractivity contribution < 1.29 is 19.2 Å². The fourth-order valence-corrected chi connectivity index (χ4v) is 5.13. The zero-order valence-corrected chi connectivity index (χ0v) is 36.1. The number of ketones is 3. The second-order valence-electron chi connectivity index (χ2n) is 12.4. The van der Waals surface area contributed by atoms with Crippen LogP contribution >= 0.6 is 0 Å². The molecule has 1 aliphatic heterocycles. The van der Waals surface area contributed by atoms with Gasteiger partial charge in [0.25, 0.3) is 0 Å². The largest absolute Gasteiger partial charge is 0.344 e. The first-order valence-electron chi connectivity index (χ1n) is 19.7. The Hall–Kier alpha value is -5.16. The molecule has 2 aromatic rings. The molecule has 0 bridgehead atoms. The first-order chi connectivity index (χ1) is 26.4. The van der Waals surface area contributed by atoms with Gasteiger partial charge in [-0.2, -0.15) is 0 Å². The number of anilines is 1. The molecule has 0 unspecified atom stereocenters. The summed E-state index contributed by atoms with van der Waals surface area (Å²) >= 11 is 0. The van der Waals surface area contributed by atoms with Crippen LogP contribution in [0.5, 0.6) is 0 Å². The Bertz CT molecular complexity index is 1740. The predicted molar refractivity (Wildman–Crippen MR) is 241 cm³/mol. The predicted octanol–water partition coefficient (Wildman–Crippen LogP) is 13.4. The second kappa shape index (κ2) is 30.2. The molecule has 0 amide bonds. The van der Waals surface area contributed by atoms with Crippen LogP contribution in [0, 0.1) is 6.92 Å². The lowest BCUT2D eigenvalue weighted by Crippen LogP contribution is -2.19. The molecule has 5 nitrogen and oxygen atoms in total. The normalized spacial score (nSPS) is 14.1. The molecule has 55 heavy (non-hydrogen) atoms. The monoisotopic (exact) mass is 748 g/mol. The number of hydrogen-bond acceptors (Lipinski definition) is 5. The number of benzene rings is 2. The number of unbranched alkanes of at least 4 members (excludes halogenated alkanes) is 2. The third-order valence-electron chi connectivity index (χ3n) is 8.26. The van der Waals surface area contributed by atoms with Crippen LogP contribution in [0.3, 0.4) is 0 Å². The summed E-state index contributed by atoms with van der Waals surface area (Å²) in [7, 11) is 2.01. The number of fused-ring (bicyclic) bond motifs is 1. The molecule has 0 aromatic heterocycles. The van der Waals surface area contributed by atoms with Crippen molar-refractivity contribution in [3.63, 3.8) is 0 Å². The van der Waals surface area contributed by atoms with E-state index in [1.54, 1.807) is 19.9 Å². The van der Waals surface area contributed by atoms with E-state index in [9.17, 15) is 14.4 Å². The minimum absolute atomic E-state index is 0.0197. The van der Waals surface area contributed by atoms with E-state index >= 15 is 0 Å². The van der Waals surface area contributed by atoms with Crippen LogP contribution in [-0.4, -0.2) is 31.2 Å². The van der Waals surface area contributed by atoms with Gasteiger partial charge in [-0.25, -0.2) is 0 Å². The topological polar surface area (TPSA) is 71.5 Å². The third-order valence-corrected chi connectivity index (χ3v) is 8.26. The molecule has 5 heteroatoms. The van der Waals surface area contributed by atoms with Crippen LogP contribution in [0.25, 0.3) is 18.2 Å². The standard InChI is InChI=1S/C35H33NO2.C6H12O.C4H10.2C2H6.CH2O/c1-7-31-32(22-30-18-17-29-21-27(14-13-25(4)37)15-19-34(29)36(30)6)26(5)35(38)33(31)20-23(2)12-16-28-11-9-8-10-24(28)3;1-3-4-5-6(2)7;1-3-4-2;3*1-2/h8-22H,2,5,7H2,1,3-4,6H3;3-5H2,1-2H3;3-4H2,1-2H3;2*1-2H3;1H2/b14-13+,16-12-,30-22+,33-20-;;;;;. The molecule has 0 spiro atoms. The molecule has 1 heterocycles. The first kappa shape index (κ1) is 51.9. The Kier molecular flexibility index (Phi) is 28.5. The van der Waals surface area contributed by atoms with Crippen LogP contribution in [0.1, 0.15) is 130 Å². The highest BCUT2D eigenvalue weighted by Crippen LogP contribution is 2.38. The van der Waals surface area contributed by atoms with Crippen LogP contribution in [0.4, 0.5) is 5.69 Å². The second-order valence-corrected chi connectivity index (χ2v) is 12.4.